The summed E-state index contributed by atoms with van der Waals surface area (Å²) in [5.41, 5.74) is 2.45. The van der Waals surface area contributed by atoms with Crippen molar-refractivity contribution in [3.63, 3.8) is 0 Å². The number of isothiocyanates is 4. The predicted molar refractivity (Wildman–Crippen MR) is 109 cm³/mol. The summed E-state index contributed by atoms with van der Waals surface area (Å²) >= 11 is 14.8. The zero-order valence-corrected chi connectivity index (χ0v) is 16.7. The Morgan fingerprint density at radius 3 is 0.880 bits per heavy atom. The van der Waals surface area contributed by atoms with Gasteiger partial charge < -0.3 is 21.6 Å². The number of aromatic amines is 2. The molecule has 0 saturated carbocycles. The number of nitrogens with one attached hydrogen (secondary N) is 2. The van der Waals surface area contributed by atoms with Crippen LogP contribution in [-0.4, -0.2) is 20.6 Å². The van der Waals surface area contributed by atoms with E-state index in [-0.39, 0.29) is 16.8 Å². The van der Waals surface area contributed by atoms with E-state index in [4.69, 9.17) is 21.6 Å². The van der Waals surface area contributed by atoms with Crippen LogP contribution >= 0.6 is 48.9 Å². The third-order valence-corrected chi connectivity index (χ3v) is 1.77. The number of thiocarbonyl (C=S) groups is 4. The van der Waals surface area contributed by atoms with Crippen LogP contribution in [0.1, 0.15) is 0 Å². The number of pyridine rings is 2. The summed E-state index contributed by atoms with van der Waals surface area (Å²) in [6.07, 6.45) is 7.69. The molecule has 11 heteroatoms. The summed E-state index contributed by atoms with van der Waals surface area (Å²) in [4.78, 5) is 5.99. The molecule has 0 aliphatic rings. The Morgan fingerprint density at radius 1 is 0.560 bits per heavy atom. The molecule has 2 aromatic heterocycles. The number of H-pyrrole nitrogens is 2. The van der Waals surface area contributed by atoms with Crippen LogP contribution in [0.15, 0.2) is 49.1 Å². The van der Waals surface area contributed by atoms with Crippen molar-refractivity contribution in [3.05, 3.63) is 70.7 Å². The first-order valence-electron chi connectivity index (χ1n) is 5.60. The molecule has 0 saturated heterocycles. The molecule has 0 atom stereocenters. The maximum absolute atomic E-state index is 7.13. The van der Waals surface area contributed by atoms with Crippen molar-refractivity contribution in [3.8, 4) is 11.1 Å². The first-order valence-corrected chi connectivity index (χ1v) is 7.24. The molecule has 0 fully saturated rings. The minimum atomic E-state index is 0. The Labute approximate surface area is 177 Å². The second-order valence-corrected chi connectivity index (χ2v) is 3.67. The molecule has 0 spiro atoms. The summed E-state index contributed by atoms with van der Waals surface area (Å²) in [5, 5.41) is 33.9. The van der Waals surface area contributed by atoms with Gasteiger partial charge in [0.25, 0.3) is 0 Å². The molecule has 0 bridgehead atoms. The molecule has 25 heavy (non-hydrogen) atoms. The van der Waals surface area contributed by atoms with E-state index in [2.05, 4.69) is 83.1 Å². The topological polar surface area (TPSA) is 117 Å². The minimum absolute atomic E-state index is 0. The Balaban J connectivity index is -0.000000143. The van der Waals surface area contributed by atoms with Crippen LogP contribution in [0.25, 0.3) is 32.8 Å². The molecule has 2 rings (SSSR count). The van der Waals surface area contributed by atoms with Gasteiger partial charge in [-0.1, -0.05) is 48.9 Å². The van der Waals surface area contributed by atoms with E-state index in [0.29, 0.717) is 0 Å². The van der Waals surface area contributed by atoms with E-state index in [1.807, 2.05) is 24.8 Å². The van der Waals surface area contributed by atoms with Gasteiger partial charge in [0, 0.05) is 24.3 Å². The fourth-order valence-electron chi connectivity index (χ4n) is 1.16. The van der Waals surface area contributed by atoms with Crippen LogP contribution in [0, 0.1) is 0 Å². The molecular formula is C14H10CoN6S4. The minimum Gasteiger partial charge on any atom is -0.753 e. The maximum atomic E-state index is 7.13. The van der Waals surface area contributed by atoms with E-state index in [0.717, 1.165) is 0 Å². The fraction of sp³-hybridized carbons (Fsp3) is 0. The Morgan fingerprint density at radius 2 is 0.720 bits per heavy atom. The first kappa shape index (κ1) is 30.8. The fourth-order valence-corrected chi connectivity index (χ4v) is 1.16. The molecule has 1 radical (unpaired) electrons. The summed E-state index contributed by atoms with van der Waals surface area (Å²) in [6.45, 7) is 0. The molecule has 0 aromatic carbocycles. The van der Waals surface area contributed by atoms with Gasteiger partial charge >= 0.3 is 16.8 Å². The summed E-state index contributed by atoms with van der Waals surface area (Å²) in [7, 11) is 0. The molecule has 129 valence electrons. The first-order chi connectivity index (χ1) is 11.6. The number of hydrogen-bond donors (Lipinski definition) is 0. The summed E-state index contributed by atoms with van der Waals surface area (Å²) < 4.78 is 0. The predicted octanol–water partition coefficient (Wildman–Crippen LogP) is 3.61. The van der Waals surface area contributed by atoms with E-state index in [9.17, 15) is 0 Å². The largest absolute Gasteiger partial charge is 2.00 e. The molecule has 0 aliphatic carbocycles. The number of aromatic nitrogens is 2. The summed E-state index contributed by atoms with van der Waals surface area (Å²) in [5.74, 6) is 0. The maximum Gasteiger partial charge on any atom is 2.00 e. The van der Waals surface area contributed by atoms with Gasteiger partial charge in [0.1, 0.15) is 0 Å². The molecule has 2 N–H and O–H groups in total. The van der Waals surface area contributed by atoms with Gasteiger partial charge in [0.05, 0.1) is 0 Å². The van der Waals surface area contributed by atoms with Crippen molar-refractivity contribution < 1.29 is 26.7 Å². The van der Waals surface area contributed by atoms with E-state index < -0.39 is 0 Å². The monoisotopic (exact) mass is 449 g/mol. The van der Waals surface area contributed by atoms with Gasteiger partial charge in [0.15, 0.2) is 24.8 Å². The second kappa shape index (κ2) is 30.0. The van der Waals surface area contributed by atoms with Gasteiger partial charge in [-0.05, 0) is 11.1 Å². The third-order valence-electron chi connectivity index (χ3n) is 1.77. The normalized spacial score (nSPS) is 5.92. The van der Waals surface area contributed by atoms with Crippen molar-refractivity contribution in [1.29, 1.82) is 0 Å². The van der Waals surface area contributed by atoms with Crippen LogP contribution in [0.4, 0.5) is 0 Å². The average Bonchev–Trinajstić information content (AvgIpc) is 2.59. The summed E-state index contributed by atoms with van der Waals surface area (Å²) in [6, 6.07) is 8.20. The zero-order valence-electron chi connectivity index (χ0n) is 12.4. The number of nitrogens with zero attached hydrogens (tertiary/aromatic N) is 4. The molecule has 0 unspecified atom stereocenters. The van der Waals surface area contributed by atoms with Gasteiger partial charge in [-0.15, -0.1) is 0 Å². The van der Waals surface area contributed by atoms with Crippen molar-refractivity contribution in [2.75, 3.05) is 0 Å². The zero-order chi connectivity index (χ0) is 19.1. The smallest absolute Gasteiger partial charge is 0.753 e. The molecule has 2 heterocycles. The molecule has 0 amide bonds. The van der Waals surface area contributed by atoms with Crippen molar-refractivity contribution in [1.82, 2.24) is 0 Å². The van der Waals surface area contributed by atoms with E-state index >= 15 is 0 Å². The van der Waals surface area contributed by atoms with E-state index in [1.54, 1.807) is 0 Å². The molecule has 6 nitrogen and oxygen atoms in total. The van der Waals surface area contributed by atoms with Crippen molar-refractivity contribution in [2.24, 2.45) is 0 Å². The number of hydrogen-bond acceptors (Lipinski definition) is 4. The Bertz CT molecular complexity index is 587. The number of rotatable bonds is 1. The Hall–Kier alpha value is -1.99. The third kappa shape index (κ3) is 27.2. The van der Waals surface area contributed by atoms with Crippen molar-refractivity contribution >= 4 is 69.5 Å². The Kier molecular flexibility index (Phi) is 36.9. The van der Waals surface area contributed by atoms with Crippen molar-refractivity contribution in [2.45, 2.75) is 0 Å². The van der Waals surface area contributed by atoms with E-state index in [1.165, 1.54) is 31.8 Å². The van der Waals surface area contributed by atoms with Crippen LogP contribution in [0.3, 0.4) is 0 Å². The van der Waals surface area contributed by atoms with Crippen LogP contribution in [-0.2, 0) is 16.8 Å². The molecule has 0 aliphatic heterocycles. The van der Waals surface area contributed by atoms with Crippen LogP contribution < -0.4 is 9.97 Å². The SMILES string of the molecule is [Co+2].[N-]=C=S.[N-]=C=S.[N-]=C=S.[N-]=C=S.c1cc(-c2cc[nH+]cc2)cc[nH+]1. The average molecular weight is 449 g/mol. The van der Waals surface area contributed by atoms with Gasteiger partial charge in [-0.25, -0.2) is 9.97 Å². The van der Waals surface area contributed by atoms with Crippen LogP contribution in [0.5, 0.6) is 0 Å². The van der Waals surface area contributed by atoms with Crippen LogP contribution in [0.2, 0.25) is 0 Å². The standard InChI is InChI=1S/C10H8N2.4CNS.Co/c1-5-11-6-2-9(1)10-3-7-12-8-4-10;4*2-1-3;/h1-8H;;;;;/q;4*-1;+2/p+2. The second-order valence-electron chi connectivity index (χ2n) is 2.94. The van der Waals surface area contributed by atoms with Gasteiger partial charge in [-0.2, -0.15) is 20.6 Å². The molecular weight excluding hydrogens is 439 g/mol. The van der Waals surface area contributed by atoms with Gasteiger partial charge in [0.2, 0.25) is 0 Å². The quantitative estimate of drug-likeness (QED) is 0.488. The molecule has 2 aromatic rings. The van der Waals surface area contributed by atoms with Gasteiger partial charge in [-0.3, -0.25) is 0 Å².